The molecule has 6 aromatic rings. The summed E-state index contributed by atoms with van der Waals surface area (Å²) in [6.45, 7) is 0. The van der Waals surface area contributed by atoms with Crippen LogP contribution in [0.5, 0.6) is 0 Å². The van der Waals surface area contributed by atoms with Crippen LogP contribution in [0.25, 0.3) is 44.0 Å². The molecule has 6 aliphatic rings. The molecule has 0 bridgehead atoms. The zero-order chi connectivity index (χ0) is 41.0. The molecule has 0 saturated carbocycles. The molecule has 4 aliphatic carbocycles. The second kappa shape index (κ2) is 15.4. The molecule has 62 heavy (non-hydrogen) atoms. The molecule has 5 aromatic carbocycles. The molecule has 5 heteroatoms. The van der Waals surface area contributed by atoms with Crippen molar-refractivity contribution in [1.29, 1.82) is 0 Å². The number of rotatable bonds is 7. The fourth-order valence-corrected chi connectivity index (χ4v) is 10.3. The van der Waals surface area contributed by atoms with Gasteiger partial charge in [-0.15, -0.1) is 0 Å². The summed E-state index contributed by atoms with van der Waals surface area (Å²) in [5.74, 6) is 1.96. The summed E-state index contributed by atoms with van der Waals surface area (Å²) in [5, 5.41) is 7.56. The lowest BCUT2D eigenvalue weighted by atomic mass is 9.74. The average Bonchev–Trinajstić information content (AvgIpc) is 3.93. The first-order valence-corrected chi connectivity index (χ1v) is 21.9. The Labute approximate surface area is 362 Å². The summed E-state index contributed by atoms with van der Waals surface area (Å²) < 4.78 is 13.4. The maximum atomic E-state index is 6.86. The van der Waals surface area contributed by atoms with Crippen molar-refractivity contribution in [1.82, 2.24) is 0 Å². The lowest BCUT2D eigenvalue weighted by Crippen LogP contribution is -2.33. The lowest BCUT2D eigenvalue weighted by Gasteiger charge is -2.39. The van der Waals surface area contributed by atoms with Crippen molar-refractivity contribution < 1.29 is 9.15 Å². The van der Waals surface area contributed by atoms with Crippen LogP contribution in [0, 0.1) is 17.8 Å². The Hall–Kier alpha value is -7.08. The number of furan rings is 1. The summed E-state index contributed by atoms with van der Waals surface area (Å²) in [7, 11) is 0. The quantitative estimate of drug-likeness (QED) is 0.161. The van der Waals surface area contributed by atoms with Crippen molar-refractivity contribution >= 4 is 39.2 Å². The normalized spacial score (nSPS) is 26.2. The van der Waals surface area contributed by atoms with E-state index in [1.165, 1.54) is 27.8 Å². The fourth-order valence-electron chi connectivity index (χ4n) is 10.3. The summed E-state index contributed by atoms with van der Waals surface area (Å²) in [5.41, 5.74) is 12.5. The first-order valence-electron chi connectivity index (χ1n) is 21.9. The van der Waals surface area contributed by atoms with Crippen molar-refractivity contribution in [2.24, 2.45) is 27.7 Å². The van der Waals surface area contributed by atoms with E-state index < -0.39 is 6.17 Å². The van der Waals surface area contributed by atoms with Gasteiger partial charge in [-0.2, -0.15) is 0 Å². The van der Waals surface area contributed by atoms with Crippen LogP contribution in [-0.4, -0.2) is 30.0 Å². The molecule has 300 valence electrons. The van der Waals surface area contributed by atoms with Gasteiger partial charge < -0.3 is 19.5 Å². The number of ether oxygens (including phenoxy) is 1. The van der Waals surface area contributed by atoms with Gasteiger partial charge in [0.05, 0.1) is 18.4 Å². The highest BCUT2D eigenvalue weighted by Crippen LogP contribution is 2.49. The molecule has 1 aromatic heterocycles. The Morgan fingerprint density at radius 1 is 0.645 bits per heavy atom. The van der Waals surface area contributed by atoms with E-state index in [4.69, 9.17) is 24.5 Å². The Kier molecular flexibility index (Phi) is 9.15. The standard InChI is InChI=1S/C57H44N3O2/c1-5-15-36(16-6-1)40-27-29-49-47(34-40)53-45(23-13-25-51(53)61-49)56-58-55(39-21-11-4-12-22-39)59-57(60-56)46-24-14-26-52-54(46)48-35-41(28-30-50(48)62-52)44-32-42(37-17-7-2-8-18-37)31-43(33-44)38-19-9-3-10-20-38/h1-21,23-30,32-35,39,42,48,50,52,54,57H,22,31H2/q-1. The van der Waals surface area contributed by atoms with Crippen LogP contribution in [0.4, 0.5) is 0 Å². The van der Waals surface area contributed by atoms with E-state index in [2.05, 4.69) is 194 Å². The van der Waals surface area contributed by atoms with Gasteiger partial charge in [-0.3, -0.25) is 4.99 Å². The number of nitrogens with zero attached hydrogens (tertiary/aromatic N) is 3. The molecule has 7 atom stereocenters. The number of allylic oxidation sites excluding steroid dienone is 11. The minimum atomic E-state index is -0.464. The molecule has 1 fully saturated rings. The van der Waals surface area contributed by atoms with Crippen molar-refractivity contribution in [3.8, 4) is 11.1 Å². The molecule has 0 spiro atoms. The summed E-state index contributed by atoms with van der Waals surface area (Å²) in [6.07, 6.45) is 28.3. The highest BCUT2D eigenvalue weighted by Gasteiger charge is 2.46. The van der Waals surface area contributed by atoms with E-state index in [0.29, 0.717) is 5.84 Å². The zero-order valence-corrected chi connectivity index (χ0v) is 34.2. The van der Waals surface area contributed by atoms with Crippen LogP contribution < -0.4 is 0 Å². The predicted molar refractivity (Wildman–Crippen MR) is 253 cm³/mol. The van der Waals surface area contributed by atoms with Gasteiger partial charge in [0.25, 0.3) is 0 Å². The maximum Gasteiger partial charge on any atom is 0.136 e. The second-order valence-electron chi connectivity index (χ2n) is 17.0. The highest BCUT2D eigenvalue weighted by atomic mass is 16.5. The van der Waals surface area contributed by atoms with Crippen LogP contribution in [-0.2, 0) is 4.74 Å². The third-order valence-electron chi connectivity index (χ3n) is 13.3. The van der Waals surface area contributed by atoms with E-state index in [-0.39, 0.29) is 35.9 Å². The van der Waals surface area contributed by atoms with Gasteiger partial charge in [0.1, 0.15) is 11.2 Å². The van der Waals surface area contributed by atoms with E-state index in [1.54, 1.807) is 0 Å². The van der Waals surface area contributed by atoms with Crippen LogP contribution in [0.3, 0.4) is 0 Å². The largest absolute Gasteiger partial charge is 0.456 e. The van der Waals surface area contributed by atoms with Crippen molar-refractivity contribution in [2.45, 2.75) is 37.1 Å². The monoisotopic (exact) mass is 802 g/mol. The highest BCUT2D eigenvalue weighted by molar-refractivity contribution is 6.25. The number of aliphatic imine (C=N–C) groups is 2. The van der Waals surface area contributed by atoms with Gasteiger partial charge in [-0.25, -0.2) is 0 Å². The second-order valence-corrected chi connectivity index (χ2v) is 17.0. The number of benzene rings is 5. The van der Waals surface area contributed by atoms with E-state index >= 15 is 0 Å². The maximum absolute atomic E-state index is 6.86. The molecule has 1 saturated heterocycles. The van der Waals surface area contributed by atoms with Gasteiger partial charge in [0, 0.05) is 40.3 Å². The number of hydrogen-bond donors (Lipinski definition) is 0. The molecule has 7 unspecified atom stereocenters. The van der Waals surface area contributed by atoms with Gasteiger partial charge in [-0.05, 0) is 81.2 Å². The van der Waals surface area contributed by atoms with Crippen molar-refractivity contribution in [2.75, 3.05) is 0 Å². The number of amidine groups is 2. The Balaban J connectivity index is 0.927. The van der Waals surface area contributed by atoms with E-state index in [9.17, 15) is 0 Å². The number of hydrogen-bond acceptors (Lipinski definition) is 4. The fraction of sp³-hybridized carbons (Fsp3) is 0.158. The third-order valence-corrected chi connectivity index (χ3v) is 13.3. The van der Waals surface area contributed by atoms with Crippen LogP contribution in [0.1, 0.15) is 35.4 Å². The predicted octanol–water partition coefficient (Wildman–Crippen LogP) is 13.4. The van der Waals surface area contributed by atoms with Gasteiger partial charge >= 0.3 is 0 Å². The topological polar surface area (TPSA) is 61.2 Å². The molecule has 0 amide bonds. The smallest absolute Gasteiger partial charge is 0.136 e. The van der Waals surface area contributed by atoms with E-state index in [0.717, 1.165) is 62.9 Å². The average molecular weight is 803 g/mol. The van der Waals surface area contributed by atoms with Crippen molar-refractivity contribution in [3.63, 3.8) is 0 Å². The third kappa shape index (κ3) is 6.61. The molecule has 2 aliphatic heterocycles. The van der Waals surface area contributed by atoms with Crippen LogP contribution in [0.2, 0.25) is 0 Å². The molecular weight excluding hydrogens is 759 g/mol. The molecule has 0 radical (unpaired) electrons. The Bertz CT molecular complexity index is 3050. The van der Waals surface area contributed by atoms with Gasteiger partial charge in [-0.1, -0.05) is 188 Å². The van der Waals surface area contributed by atoms with Crippen LogP contribution in [0.15, 0.2) is 231 Å². The SMILES string of the molecule is C1=CCC(C2=NC(C3=CC=CC4OC5C=CC(C6=CC(c7ccccc7)CC(c7ccccc7)=C6)=CC5C34)[N-]C(c3cccc4oc5ccc(-c6ccccc6)cc5c34)=N2)C=C1. The summed E-state index contributed by atoms with van der Waals surface area (Å²) >= 11 is 0. The Morgan fingerprint density at radius 2 is 1.47 bits per heavy atom. The minimum absolute atomic E-state index is 0.0478. The minimum Gasteiger partial charge on any atom is -0.456 e. The van der Waals surface area contributed by atoms with Crippen LogP contribution >= 0.6 is 0 Å². The molecule has 5 nitrogen and oxygen atoms in total. The first kappa shape index (κ1) is 36.7. The number of fused-ring (bicyclic) bond motifs is 6. The lowest BCUT2D eigenvalue weighted by molar-refractivity contribution is 0.0871. The Morgan fingerprint density at radius 3 is 2.29 bits per heavy atom. The molecule has 12 rings (SSSR count). The molecule has 0 N–H and O–H groups in total. The molecule has 3 heterocycles. The van der Waals surface area contributed by atoms with Crippen molar-refractivity contribution in [3.05, 3.63) is 239 Å². The van der Waals surface area contributed by atoms with E-state index in [1.807, 2.05) is 6.07 Å². The zero-order valence-electron chi connectivity index (χ0n) is 34.2. The molecular formula is C57H44N3O2-. The summed E-state index contributed by atoms with van der Waals surface area (Å²) in [4.78, 5) is 10.7. The van der Waals surface area contributed by atoms with Gasteiger partial charge in [0.15, 0.2) is 0 Å². The first-order chi connectivity index (χ1) is 30.7. The van der Waals surface area contributed by atoms with Gasteiger partial charge in [0.2, 0.25) is 0 Å². The summed E-state index contributed by atoms with van der Waals surface area (Å²) in [6, 6.07) is 44.9.